The normalized spacial score (nSPS) is 47.7. The van der Waals surface area contributed by atoms with E-state index in [1.165, 1.54) is 0 Å². The molecule has 1 amide bonds. The molecule has 0 aliphatic carbocycles. The zero-order chi connectivity index (χ0) is 6.43. The maximum Gasteiger partial charge on any atom is 0.222 e. The predicted molar refractivity (Wildman–Crippen MR) is 30.9 cm³/mol. The molecule has 3 heteroatoms. The van der Waals surface area contributed by atoms with Crippen LogP contribution in [0.3, 0.4) is 0 Å². The molecule has 2 rings (SSSR count). The van der Waals surface area contributed by atoms with E-state index in [0.717, 1.165) is 0 Å². The van der Waals surface area contributed by atoms with Gasteiger partial charge in [0.1, 0.15) is 6.10 Å². The highest BCUT2D eigenvalue weighted by Gasteiger charge is 2.46. The largest absolute Gasteiger partial charge is 0.368 e. The third-order valence-corrected chi connectivity index (χ3v) is 1.91. The quantitative estimate of drug-likeness (QED) is 0.387. The van der Waals surface area contributed by atoms with Crippen molar-refractivity contribution < 1.29 is 9.53 Å². The Balaban J connectivity index is 1.84. The van der Waals surface area contributed by atoms with Gasteiger partial charge in [-0.2, -0.15) is 0 Å². The van der Waals surface area contributed by atoms with Gasteiger partial charge >= 0.3 is 0 Å². The summed E-state index contributed by atoms with van der Waals surface area (Å²) in [5.41, 5.74) is 0. The highest BCUT2D eigenvalue weighted by atomic mass is 16.6. The number of ether oxygens (including phenoxy) is 1. The summed E-state index contributed by atoms with van der Waals surface area (Å²) in [5.74, 6) is 0.155. The van der Waals surface area contributed by atoms with E-state index in [1.807, 2.05) is 6.92 Å². The van der Waals surface area contributed by atoms with Gasteiger partial charge in [-0.3, -0.25) is 4.79 Å². The van der Waals surface area contributed by atoms with Crippen LogP contribution in [0.4, 0.5) is 0 Å². The molecule has 50 valence electrons. The molecule has 1 N–H and O–H groups in total. The van der Waals surface area contributed by atoms with Gasteiger partial charge in [-0.15, -0.1) is 0 Å². The summed E-state index contributed by atoms with van der Waals surface area (Å²) < 4.78 is 5.15. The first-order valence-electron chi connectivity index (χ1n) is 3.22. The van der Waals surface area contributed by atoms with Crippen molar-refractivity contribution in [2.75, 3.05) is 0 Å². The van der Waals surface area contributed by atoms with Crippen molar-refractivity contribution in [1.29, 1.82) is 0 Å². The Bertz CT molecular complexity index is 149. The fourth-order valence-corrected chi connectivity index (χ4v) is 1.21. The molecule has 0 saturated carbocycles. The number of hydrogen-bond donors (Lipinski definition) is 1. The van der Waals surface area contributed by atoms with Crippen LogP contribution in [0.1, 0.15) is 13.3 Å². The van der Waals surface area contributed by atoms with Gasteiger partial charge < -0.3 is 10.1 Å². The molecule has 0 radical (unpaired) electrons. The van der Waals surface area contributed by atoms with Crippen molar-refractivity contribution in [1.82, 2.24) is 5.32 Å². The first-order chi connectivity index (χ1) is 4.27. The minimum atomic E-state index is 0.155. The van der Waals surface area contributed by atoms with E-state index in [9.17, 15) is 4.79 Å². The fraction of sp³-hybridized carbons (Fsp3) is 0.833. The molecule has 2 heterocycles. The van der Waals surface area contributed by atoms with Gasteiger partial charge in [-0.25, -0.2) is 0 Å². The van der Waals surface area contributed by atoms with E-state index in [0.29, 0.717) is 24.7 Å². The zero-order valence-corrected chi connectivity index (χ0v) is 5.26. The fourth-order valence-electron chi connectivity index (χ4n) is 1.21. The van der Waals surface area contributed by atoms with Crippen LogP contribution in [0.2, 0.25) is 0 Å². The van der Waals surface area contributed by atoms with Gasteiger partial charge in [-0.05, 0) is 6.92 Å². The third-order valence-electron chi connectivity index (χ3n) is 1.91. The minimum Gasteiger partial charge on any atom is -0.368 e. The van der Waals surface area contributed by atoms with E-state index >= 15 is 0 Å². The Morgan fingerprint density at radius 2 is 2.33 bits per heavy atom. The van der Waals surface area contributed by atoms with Gasteiger partial charge in [0, 0.05) is 6.42 Å². The van der Waals surface area contributed by atoms with Gasteiger partial charge in [0.15, 0.2) is 0 Å². The molecule has 0 unspecified atom stereocenters. The lowest BCUT2D eigenvalue weighted by Crippen LogP contribution is -2.52. The molecule has 0 aromatic rings. The van der Waals surface area contributed by atoms with Crippen LogP contribution >= 0.6 is 0 Å². The second-order valence-electron chi connectivity index (χ2n) is 2.68. The Kier molecular flexibility index (Phi) is 0.858. The van der Waals surface area contributed by atoms with Crippen LogP contribution in [0, 0.1) is 0 Å². The molecule has 2 saturated heterocycles. The molecular formula is C6H9NO2. The maximum atomic E-state index is 10.4. The molecule has 0 spiro atoms. The highest BCUT2D eigenvalue weighted by Crippen LogP contribution is 2.29. The molecule has 2 aliphatic rings. The number of carbonyl (C=O) groups excluding carboxylic acids is 1. The van der Waals surface area contributed by atoms with Crippen molar-refractivity contribution in [3.63, 3.8) is 0 Å². The van der Waals surface area contributed by atoms with Crippen LogP contribution in [0.5, 0.6) is 0 Å². The molecule has 3 nitrogen and oxygen atoms in total. The number of amides is 1. The van der Waals surface area contributed by atoms with Crippen molar-refractivity contribution in [3.05, 3.63) is 0 Å². The molecule has 0 bridgehead atoms. The number of β-lactam (4-membered cyclic amide) rings is 1. The van der Waals surface area contributed by atoms with E-state index in [-0.39, 0.29) is 5.91 Å². The summed E-state index contributed by atoms with van der Waals surface area (Å²) in [6, 6.07) is 0.326. The van der Waals surface area contributed by atoms with E-state index < -0.39 is 0 Å². The topological polar surface area (TPSA) is 41.6 Å². The van der Waals surface area contributed by atoms with Crippen molar-refractivity contribution in [2.45, 2.75) is 31.6 Å². The Morgan fingerprint density at radius 1 is 1.78 bits per heavy atom. The van der Waals surface area contributed by atoms with Crippen molar-refractivity contribution in [2.24, 2.45) is 0 Å². The van der Waals surface area contributed by atoms with Gasteiger partial charge in [0.2, 0.25) is 5.91 Å². The summed E-state index contributed by atoms with van der Waals surface area (Å²) in [6.45, 7) is 2.02. The number of carbonyl (C=O) groups is 1. The Morgan fingerprint density at radius 3 is 2.67 bits per heavy atom. The van der Waals surface area contributed by atoms with Gasteiger partial charge in [0.05, 0.1) is 12.1 Å². The lowest BCUT2D eigenvalue weighted by molar-refractivity contribution is -0.128. The van der Waals surface area contributed by atoms with Crippen LogP contribution in [0.25, 0.3) is 0 Å². The summed E-state index contributed by atoms with van der Waals surface area (Å²) in [7, 11) is 0. The van der Waals surface area contributed by atoms with Crippen LogP contribution in [-0.2, 0) is 9.53 Å². The Hall–Kier alpha value is -0.570. The molecule has 2 fully saturated rings. The van der Waals surface area contributed by atoms with Crippen molar-refractivity contribution in [3.8, 4) is 0 Å². The monoisotopic (exact) mass is 127 g/mol. The second-order valence-corrected chi connectivity index (χ2v) is 2.68. The van der Waals surface area contributed by atoms with Crippen LogP contribution in [0.15, 0.2) is 0 Å². The molecule has 0 aromatic heterocycles. The number of hydrogen-bond acceptors (Lipinski definition) is 2. The average Bonchev–Trinajstić information content (AvgIpc) is 2.38. The highest BCUT2D eigenvalue weighted by molar-refractivity contribution is 5.83. The number of epoxide rings is 1. The van der Waals surface area contributed by atoms with E-state index in [1.54, 1.807) is 0 Å². The van der Waals surface area contributed by atoms with Crippen molar-refractivity contribution >= 4 is 5.91 Å². The van der Waals surface area contributed by atoms with E-state index in [4.69, 9.17) is 4.74 Å². The number of rotatable bonds is 1. The third kappa shape index (κ3) is 0.721. The lowest BCUT2D eigenvalue weighted by atomic mass is 10.0. The van der Waals surface area contributed by atoms with Gasteiger partial charge in [-0.1, -0.05) is 0 Å². The smallest absolute Gasteiger partial charge is 0.222 e. The first kappa shape index (κ1) is 5.23. The summed E-state index contributed by atoms with van der Waals surface area (Å²) in [6.07, 6.45) is 1.35. The molecule has 3 atom stereocenters. The molecule has 9 heavy (non-hydrogen) atoms. The van der Waals surface area contributed by atoms with E-state index in [2.05, 4.69) is 5.32 Å². The average molecular weight is 127 g/mol. The number of nitrogens with one attached hydrogen (secondary N) is 1. The van der Waals surface area contributed by atoms with Crippen LogP contribution < -0.4 is 5.32 Å². The summed E-state index contributed by atoms with van der Waals surface area (Å²) in [5, 5.41) is 2.77. The first-order valence-corrected chi connectivity index (χ1v) is 3.22. The summed E-state index contributed by atoms with van der Waals surface area (Å²) in [4.78, 5) is 10.4. The van der Waals surface area contributed by atoms with Gasteiger partial charge in [0.25, 0.3) is 0 Å². The molecule has 2 aliphatic heterocycles. The second kappa shape index (κ2) is 1.48. The standard InChI is InChI=1S/C6H9NO2/c1-3-6(9-3)4-2-5(8)7-4/h3-4,6H,2H2,1H3,(H,7,8)/t3-,4+,6-/m1/s1. The minimum absolute atomic E-state index is 0.155. The SMILES string of the molecule is C[C@H]1O[C@H]1[C@@H]1CC(=O)N1. The summed E-state index contributed by atoms with van der Waals surface area (Å²) >= 11 is 0. The molecular weight excluding hydrogens is 118 g/mol. The maximum absolute atomic E-state index is 10.4. The van der Waals surface area contributed by atoms with Crippen LogP contribution in [-0.4, -0.2) is 24.2 Å². The molecule has 0 aromatic carbocycles. The lowest BCUT2D eigenvalue weighted by Gasteiger charge is -2.24. The zero-order valence-electron chi connectivity index (χ0n) is 5.26. The predicted octanol–water partition coefficient (Wildman–Crippen LogP) is -0.338. The Labute approximate surface area is 53.4 Å².